The van der Waals surface area contributed by atoms with Gasteiger partial charge in [-0.05, 0) is 44.0 Å². The molecule has 0 spiro atoms. The number of amides is 2. The zero-order chi connectivity index (χ0) is 24.4. The standard InChI is InChI=1S/C24H22N4O6/c1-24(2,3)34-23(31)20-18-17(19-16-7-5-4-6-13(16)12-25-27(19)20)21(29)26(22(18)30)14-8-10-15(11-9-14)28(32)33/h4-12,17-20H,1-3H3/t17-,18-,19+,20-/m0/s1. The maximum absolute atomic E-state index is 13.7. The third kappa shape index (κ3) is 3.25. The van der Waals surface area contributed by atoms with Crippen LogP contribution < -0.4 is 4.90 Å². The predicted octanol–water partition coefficient (Wildman–Crippen LogP) is 2.82. The van der Waals surface area contributed by atoms with Gasteiger partial charge in [-0.1, -0.05) is 24.3 Å². The number of hydrogen-bond acceptors (Lipinski definition) is 8. The molecule has 0 N–H and O–H groups in total. The molecule has 5 rings (SSSR count). The van der Waals surface area contributed by atoms with Crippen molar-refractivity contribution < 1.29 is 24.0 Å². The van der Waals surface area contributed by atoms with E-state index in [-0.39, 0.29) is 11.4 Å². The number of non-ortho nitro benzene ring substituents is 1. The molecule has 2 amide bonds. The monoisotopic (exact) mass is 462 g/mol. The van der Waals surface area contributed by atoms with E-state index in [4.69, 9.17) is 4.74 Å². The first-order chi connectivity index (χ1) is 16.1. The molecule has 174 valence electrons. The molecule has 10 heteroatoms. The first-order valence-corrected chi connectivity index (χ1v) is 10.8. The third-order valence-electron chi connectivity index (χ3n) is 6.26. The number of ether oxygens (including phenoxy) is 1. The van der Waals surface area contributed by atoms with Crippen LogP contribution in [0.4, 0.5) is 11.4 Å². The summed E-state index contributed by atoms with van der Waals surface area (Å²) in [5.41, 5.74) is 0.867. The van der Waals surface area contributed by atoms with Gasteiger partial charge in [-0.25, -0.2) is 9.69 Å². The van der Waals surface area contributed by atoms with E-state index in [9.17, 15) is 24.5 Å². The number of nitrogens with zero attached hydrogens (tertiary/aromatic N) is 4. The first-order valence-electron chi connectivity index (χ1n) is 10.8. The Bertz CT molecular complexity index is 1250. The van der Waals surface area contributed by atoms with E-state index >= 15 is 0 Å². The van der Waals surface area contributed by atoms with Crippen LogP contribution in [-0.4, -0.2) is 45.6 Å². The number of nitro benzene ring substituents is 1. The first kappa shape index (κ1) is 21.7. The normalized spacial score (nSPS) is 25.1. The Morgan fingerprint density at radius 2 is 1.68 bits per heavy atom. The molecular formula is C24H22N4O6. The Morgan fingerprint density at radius 1 is 1.03 bits per heavy atom. The topological polar surface area (TPSA) is 122 Å². The lowest BCUT2D eigenvalue weighted by molar-refractivity contribution is -0.384. The Morgan fingerprint density at radius 3 is 2.32 bits per heavy atom. The van der Waals surface area contributed by atoms with Crippen LogP contribution in [0, 0.1) is 22.0 Å². The van der Waals surface area contributed by atoms with Crippen molar-refractivity contribution in [3.8, 4) is 0 Å². The second-order valence-corrected chi connectivity index (χ2v) is 9.51. The number of esters is 1. The highest BCUT2D eigenvalue weighted by atomic mass is 16.6. The summed E-state index contributed by atoms with van der Waals surface area (Å²) in [5, 5.41) is 17.0. The van der Waals surface area contributed by atoms with Gasteiger partial charge in [0.05, 0.1) is 34.7 Å². The number of hydrogen-bond donors (Lipinski definition) is 0. The van der Waals surface area contributed by atoms with Crippen LogP contribution in [0.3, 0.4) is 0 Å². The highest BCUT2D eigenvalue weighted by Gasteiger charge is 2.66. The number of fused-ring (bicyclic) bond motifs is 5. The van der Waals surface area contributed by atoms with Crippen LogP contribution in [-0.2, 0) is 19.1 Å². The summed E-state index contributed by atoms with van der Waals surface area (Å²) in [6.07, 6.45) is 1.62. The summed E-state index contributed by atoms with van der Waals surface area (Å²) in [4.78, 5) is 52.1. The van der Waals surface area contributed by atoms with Crippen LogP contribution in [0.25, 0.3) is 0 Å². The molecule has 0 saturated carbocycles. The summed E-state index contributed by atoms with van der Waals surface area (Å²) in [6, 6.07) is 10.9. The predicted molar refractivity (Wildman–Crippen MR) is 121 cm³/mol. The molecule has 0 radical (unpaired) electrons. The van der Waals surface area contributed by atoms with Gasteiger partial charge in [-0.3, -0.25) is 24.7 Å². The smallest absolute Gasteiger partial charge is 0.331 e. The van der Waals surface area contributed by atoms with E-state index in [1.807, 2.05) is 24.3 Å². The highest BCUT2D eigenvalue weighted by Crippen LogP contribution is 2.52. The number of carbonyl (C=O) groups is 3. The molecule has 2 fully saturated rings. The molecule has 10 nitrogen and oxygen atoms in total. The summed E-state index contributed by atoms with van der Waals surface area (Å²) in [5.74, 6) is -3.53. The summed E-state index contributed by atoms with van der Waals surface area (Å²) < 4.78 is 5.62. The van der Waals surface area contributed by atoms with Crippen molar-refractivity contribution in [3.05, 3.63) is 69.8 Å². The van der Waals surface area contributed by atoms with Crippen molar-refractivity contribution in [2.45, 2.75) is 38.5 Å². The Kier molecular flexibility index (Phi) is 4.78. The van der Waals surface area contributed by atoms with Crippen molar-refractivity contribution in [3.63, 3.8) is 0 Å². The summed E-state index contributed by atoms with van der Waals surface area (Å²) >= 11 is 0. The molecule has 34 heavy (non-hydrogen) atoms. The number of hydrazone groups is 1. The molecule has 2 saturated heterocycles. The van der Waals surface area contributed by atoms with Gasteiger partial charge in [0.2, 0.25) is 11.8 Å². The van der Waals surface area contributed by atoms with E-state index in [0.717, 1.165) is 16.0 Å². The SMILES string of the molecule is CC(C)(C)OC(=O)[C@@H]1[C@H]2C(=O)N(c3ccc([N+](=O)[O-])cc3)C(=O)[C@@H]2[C@H]2c3ccccc3C=NN12. The fourth-order valence-corrected chi connectivity index (χ4v) is 4.98. The second kappa shape index (κ2) is 7.47. The van der Waals surface area contributed by atoms with E-state index in [1.165, 1.54) is 29.3 Å². The van der Waals surface area contributed by atoms with E-state index in [2.05, 4.69) is 5.10 Å². The van der Waals surface area contributed by atoms with Gasteiger partial charge in [0, 0.05) is 12.1 Å². The average Bonchev–Trinajstić information content (AvgIpc) is 3.25. The lowest BCUT2D eigenvalue weighted by Crippen LogP contribution is -2.46. The molecule has 3 aliphatic heterocycles. The number of anilines is 1. The van der Waals surface area contributed by atoms with Crippen LogP contribution in [0.2, 0.25) is 0 Å². The van der Waals surface area contributed by atoms with Gasteiger partial charge in [0.15, 0.2) is 6.04 Å². The number of benzene rings is 2. The quantitative estimate of drug-likeness (QED) is 0.297. The Labute approximate surface area is 194 Å². The van der Waals surface area contributed by atoms with Crippen molar-refractivity contribution in [2.24, 2.45) is 16.9 Å². The average molecular weight is 462 g/mol. The summed E-state index contributed by atoms with van der Waals surface area (Å²) in [7, 11) is 0. The molecular weight excluding hydrogens is 440 g/mol. The lowest BCUT2D eigenvalue weighted by Gasteiger charge is -2.34. The molecule has 0 aliphatic carbocycles. The van der Waals surface area contributed by atoms with E-state index in [0.29, 0.717) is 0 Å². The van der Waals surface area contributed by atoms with Crippen LogP contribution in [0.5, 0.6) is 0 Å². The van der Waals surface area contributed by atoms with Crippen molar-refractivity contribution >= 4 is 35.4 Å². The Balaban J connectivity index is 1.60. The van der Waals surface area contributed by atoms with Crippen LogP contribution in [0.1, 0.15) is 37.9 Å². The van der Waals surface area contributed by atoms with Crippen molar-refractivity contribution in [1.29, 1.82) is 0 Å². The van der Waals surface area contributed by atoms with E-state index in [1.54, 1.807) is 27.0 Å². The van der Waals surface area contributed by atoms with Gasteiger partial charge >= 0.3 is 5.97 Å². The van der Waals surface area contributed by atoms with Gasteiger partial charge in [-0.2, -0.15) is 5.10 Å². The molecule has 3 aliphatic rings. The highest BCUT2D eigenvalue weighted by molar-refractivity contribution is 6.24. The number of nitro groups is 1. The molecule has 2 aromatic rings. The van der Waals surface area contributed by atoms with Crippen LogP contribution >= 0.6 is 0 Å². The molecule has 2 aromatic carbocycles. The fourth-order valence-electron chi connectivity index (χ4n) is 4.98. The molecule has 3 heterocycles. The third-order valence-corrected chi connectivity index (χ3v) is 6.26. The van der Waals surface area contributed by atoms with Gasteiger partial charge in [0.25, 0.3) is 5.69 Å². The molecule has 0 unspecified atom stereocenters. The number of carbonyl (C=O) groups excluding carboxylic acids is 3. The van der Waals surface area contributed by atoms with Gasteiger partial charge in [-0.15, -0.1) is 0 Å². The van der Waals surface area contributed by atoms with Crippen molar-refractivity contribution in [1.82, 2.24) is 5.01 Å². The molecule has 4 atom stereocenters. The second-order valence-electron chi connectivity index (χ2n) is 9.51. The molecule has 0 bridgehead atoms. The minimum absolute atomic E-state index is 0.156. The minimum atomic E-state index is -1.08. The zero-order valence-corrected chi connectivity index (χ0v) is 18.7. The zero-order valence-electron chi connectivity index (χ0n) is 18.7. The maximum atomic E-state index is 13.7. The van der Waals surface area contributed by atoms with E-state index < -0.39 is 52.2 Å². The van der Waals surface area contributed by atoms with Crippen LogP contribution in [0.15, 0.2) is 53.6 Å². The summed E-state index contributed by atoms with van der Waals surface area (Å²) in [6.45, 7) is 5.19. The lowest BCUT2D eigenvalue weighted by atomic mass is 9.85. The van der Waals surface area contributed by atoms with Gasteiger partial charge in [0.1, 0.15) is 5.60 Å². The van der Waals surface area contributed by atoms with Gasteiger partial charge < -0.3 is 4.74 Å². The number of rotatable bonds is 3. The molecule has 0 aromatic heterocycles. The maximum Gasteiger partial charge on any atom is 0.331 e. The fraction of sp³-hybridized carbons (Fsp3) is 0.333. The van der Waals surface area contributed by atoms with Crippen molar-refractivity contribution in [2.75, 3.05) is 4.90 Å². The Hall–Kier alpha value is -4.08. The number of imide groups is 1. The largest absolute Gasteiger partial charge is 0.458 e. The minimum Gasteiger partial charge on any atom is -0.458 e.